The summed E-state index contributed by atoms with van der Waals surface area (Å²) in [4.78, 5) is 40.2. The molecule has 1 saturated heterocycles. The summed E-state index contributed by atoms with van der Waals surface area (Å²) in [5.74, 6) is 0.191. The molecule has 1 aliphatic heterocycles. The number of amides is 3. The predicted octanol–water partition coefficient (Wildman–Crippen LogP) is 2.33. The Morgan fingerprint density at radius 1 is 1.07 bits per heavy atom. The van der Waals surface area contributed by atoms with Gasteiger partial charge in [0.05, 0.1) is 6.42 Å². The SMILES string of the molecule is CN(C)C(=O)COc1ccc(NC(=O)C2CCCN2C(=O)Cc2ccccc2)cc1. The van der Waals surface area contributed by atoms with Gasteiger partial charge in [-0.15, -0.1) is 0 Å². The molecular formula is C23H27N3O4. The Balaban J connectivity index is 1.55. The predicted molar refractivity (Wildman–Crippen MR) is 114 cm³/mol. The number of carbonyl (C=O) groups is 3. The van der Waals surface area contributed by atoms with E-state index in [2.05, 4.69) is 5.32 Å². The van der Waals surface area contributed by atoms with Crippen molar-refractivity contribution in [2.45, 2.75) is 25.3 Å². The number of anilines is 1. The van der Waals surface area contributed by atoms with Crippen LogP contribution >= 0.6 is 0 Å². The van der Waals surface area contributed by atoms with Gasteiger partial charge in [-0.05, 0) is 42.7 Å². The molecule has 1 fully saturated rings. The lowest BCUT2D eigenvalue weighted by molar-refractivity contribution is -0.136. The minimum atomic E-state index is -0.463. The number of nitrogens with one attached hydrogen (secondary N) is 1. The van der Waals surface area contributed by atoms with Crippen molar-refractivity contribution in [1.29, 1.82) is 0 Å². The van der Waals surface area contributed by atoms with E-state index in [4.69, 9.17) is 4.74 Å². The van der Waals surface area contributed by atoms with Gasteiger partial charge in [-0.3, -0.25) is 14.4 Å². The maximum Gasteiger partial charge on any atom is 0.259 e. The van der Waals surface area contributed by atoms with Gasteiger partial charge in [0.1, 0.15) is 11.8 Å². The largest absolute Gasteiger partial charge is 0.484 e. The van der Waals surface area contributed by atoms with Crippen molar-refractivity contribution in [1.82, 2.24) is 9.80 Å². The summed E-state index contributed by atoms with van der Waals surface area (Å²) in [5.41, 5.74) is 1.56. The summed E-state index contributed by atoms with van der Waals surface area (Å²) in [6.45, 7) is 0.551. The van der Waals surface area contributed by atoms with Gasteiger partial charge in [-0.2, -0.15) is 0 Å². The van der Waals surface area contributed by atoms with Crippen molar-refractivity contribution in [3.8, 4) is 5.75 Å². The van der Waals surface area contributed by atoms with Gasteiger partial charge in [-0.25, -0.2) is 0 Å². The molecule has 0 saturated carbocycles. The molecule has 2 aromatic carbocycles. The van der Waals surface area contributed by atoms with Crippen molar-refractivity contribution < 1.29 is 19.1 Å². The molecule has 1 unspecified atom stereocenters. The molecule has 0 aliphatic carbocycles. The lowest BCUT2D eigenvalue weighted by Crippen LogP contribution is -2.43. The molecule has 0 aromatic heterocycles. The van der Waals surface area contributed by atoms with E-state index in [9.17, 15) is 14.4 Å². The summed E-state index contributed by atoms with van der Waals surface area (Å²) in [5, 5.41) is 2.88. The molecule has 30 heavy (non-hydrogen) atoms. The van der Waals surface area contributed by atoms with E-state index in [0.29, 0.717) is 30.8 Å². The van der Waals surface area contributed by atoms with Crippen LogP contribution in [-0.2, 0) is 20.8 Å². The van der Waals surface area contributed by atoms with Crippen LogP contribution in [0.3, 0.4) is 0 Å². The Kier molecular flexibility index (Phi) is 7.06. The molecule has 1 N–H and O–H groups in total. The molecule has 1 heterocycles. The summed E-state index contributed by atoms with van der Waals surface area (Å²) >= 11 is 0. The van der Waals surface area contributed by atoms with Gasteiger partial charge in [0.15, 0.2) is 6.61 Å². The van der Waals surface area contributed by atoms with E-state index in [-0.39, 0.29) is 24.3 Å². The van der Waals surface area contributed by atoms with E-state index in [1.807, 2.05) is 30.3 Å². The molecule has 0 radical (unpaired) electrons. The first kappa shape index (κ1) is 21.4. The van der Waals surface area contributed by atoms with E-state index < -0.39 is 6.04 Å². The minimum Gasteiger partial charge on any atom is -0.484 e. The smallest absolute Gasteiger partial charge is 0.259 e. The normalized spacial score (nSPS) is 15.5. The maximum atomic E-state index is 12.8. The number of ether oxygens (including phenoxy) is 1. The standard InChI is InChI=1S/C23H27N3O4/c1-25(2)22(28)16-30-19-12-10-18(11-13-19)24-23(29)20-9-6-14-26(20)21(27)15-17-7-4-3-5-8-17/h3-5,7-8,10-13,20H,6,9,14-16H2,1-2H3,(H,24,29). The number of hydrogen-bond acceptors (Lipinski definition) is 4. The molecule has 1 atom stereocenters. The zero-order valence-electron chi connectivity index (χ0n) is 17.3. The number of hydrogen-bond donors (Lipinski definition) is 1. The molecule has 1 aliphatic rings. The highest BCUT2D eigenvalue weighted by molar-refractivity contribution is 5.97. The average molecular weight is 409 g/mol. The fourth-order valence-electron chi connectivity index (χ4n) is 3.34. The lowest BCUT2D eigenvalue weighted by Gasteiger charge is -2.24. The van der Waals surface area contributed by atoms with E-state index >= 15 is 0 Å². The van der Waals surface area contributed by atoms with Gasteiger partial charge in [0, 0.05) is 26.3 Å². The number of nitrogens with zero attached hydrogens (tertiary/aromatic N) is 2. The Morgan fingerprint density at radius 3 is 2.43 bits per heavy atom. The van der Waals surface area contributed by atoms with Crippen LogP contribution in [0.2, 0.25) is 0 Å². The van der Waals surface area contributed by atoms with Crippen molar-refractivity contribution in [3.63, 3.8) is 0 Å². The van der Waals surface area contributed by atoms with E-state index in [0.717, 1.165) is 12.0 Å². The highest BCUT2D eigenvalue weighted by Gasteiger charge is 2.33. The Hall–Kier alpha value is -3.35. The average Bonchev–Trinajstić information content (AvgIpc) is 3.24. The highest BCUT2D eigenvalue weighted by atomic mass is 16.5. The van der Waals surface area contributed by atoms with Crippen molar-refractivity contribution in [2.75, 3.05) is 32.6 Å². The van der Waals surface area contributed by atoms with Crippen LogP contribution in [0, 0.1) is 0 Å². The Morgan fingerprint density at radius 2 is 1.77 bits per heavy atom. The van der Waals surface area contributed by atoms with Crippen LogP contribution in [0.4, 0.5) is 5.69 Å². The quantitative estimate of drug-likeness (QED) is 0.761. The van der Waals surface area contributed by atoms with Gasteiger partial charge in [0.2, 0.25) is 11.8 Å². The zero-order valence-corrected chi connectivity index (χ0v) is 17.3. The number of benzene rings is 2. The van der Waals surface area contributed by atoms with Crippen LogP contribution < -0.4 is 10.1 Å². The topological polar surface area (TPSA) is 79.0 Å². The first-order chi connectivity index (χ1) is 14.4. The number of likely N-dealkylation sites (tertiary alicyclic amines) is 1. The van der Waals surface area contributed by atoms with Gasteiger partial charge in [-0.1, -0.05) is 30.3 Å². The fourth-order valence-corrected chi connectivity index (χ4v) is 3.34. The van der Waals surface area contributed by atoms with Crippen LogP contribution in [0.5, 0.6) is 5.75 Å². The zero-order chi connectivity index (χ0) is 21.5. The molecular weight excluding hydrogens is 382 g/mol. The second-order valence-corrected chi connectivity index (χ2v) is 7.50. The first-order valence-corrected chi connectivity index (χ1v) is 10.0. The molecule has 158 valence electrons. The number of carbonyl (C=O) groups excluding carboxylic acids is 3. The van der Waals surface area contributed by atoms with E-state index in [1.54, 1.807) is 43.3 Å². The van der Waals surface area contributed by atoms with Crippen molar-refractivity contribution in [2.24, 2.45) is 0 Å². The summed E-state index contributed by atoms with van der Waals surface area (Å²) in [6, 6.07) is 15.9. The third-order valence-electron chi connectivity index (χ3n) is 5.06. The highest BCUT2D eigenvalue weighted by Crippen LogP contribution is 2.22. The molecule has 3 rings (SSSR count). The van der Waals surface area contributed by atoms with Crippen LogP contribution in [-0.4, -0.2) is 60.8 Å². The first-order valence-electron chi connectivity index (χ1n) is 10.0. The number of likely N-dealkylation sites (N-methyl/N-ethyl adjacent to an activating group) is 1. The number of rotatable bonds is 7. The molecule has 0 spiro atoms. The van der Waals surface area contributed by atoms with Crippen molar-refractivity contribution in [3.05, 3.63) is 60.2 Å². The Labute approximate surface area is 176 Å². The monoisotopic (exact) mass is 409 g/mol. The fraction of sp³-hybridized carbons (Fsp3) is 0.348. The molecule has 7 nitrogen and oxygen atoms in total. The van der Waals surface area contributed by atoms with Gasteiger partial charge < -0.3 is 19.9 Å². The Bertz CT molecular complexity index is 881. The second kappa shape index (κ2) is 9.91. The summed E-state index contributed by atoms with van der Waals surface area (Å²) in [7, 11) is 3.34. The van der Waals surface area contributed by atoms with Gasteiger partial charge >= 0.3 is 0 Å². The van der Waals surface area contributed by atoms with Crippen LogP contribution in [0.1, 0.15) is 18.4 Å². The molecule has 3 amide bonds. The lowest BCUT2D eigenvalue weighted by atomic mass is 10.1. The third kappa shape index (κ3) is 5.59. The summed E-state index contributed by atoms with van der Waals surface area (Å²) < 4.78 is 5.44. The van der Waals surface area contributed by atoms with Crippen LogP contribution in [0.15, 0.2) is 54.6 Å². The maximum absolute atomic E-state index is 12.8. The summed E-state index contributed by atoms with van der Waals surface area (Å²) in [6.07, 6.45) is 1.76. The minimum absolute atomic E-state index is 0.0341. The molecule has 0 bridgehead atoms. The molecule has 2 aromatic rings. The van der Waals surface area contributed by atoms with E-state index in [1.165, 1.54) is 4.90 Å². The van der Waals surface area contributed by atoms with Crippen molar-refractivity contribution >= 4 is 23.4 Å². The van der Waals surface area contributed by atoms with Gasteiger partial charge in [0.25, 0.3) is 5.91 Å². The molecule has 7 heteroatoms. The second-order valence-electron chi connectivity index (χ2n) is 7.50. The van der Waals surface area contributed by atoms with Crippen LogP contribution in [0.25, 0.3) is 0 Å². The third-order valence-corrected chi connectivity index (χ3v) is 5.06.